The number of rotatable bonds is 7. The molecule has 3 aromatic heterocycles. The molecule has 1 aliphatic carbocycles. The van der Waals surface area contributed by atoms with Gasteiger partial charge in [-0.05, 0) is 61.9 Å². The summed E-state index contributed by atoms with van der Waals surface area (Å²) in [5.74, 6) is 3.17. The number of methoxy groups -OCH3 is 2. The summed E-state index contributed by atoms with van der Waals surface area (Å²) in [4.78, 5) is 25.9. The molecule has 0 saturated heterocycles. The SMILES string of the molecule is COc1ccc(OC)c(C(=O)NCC2CCC(c3nc(-c4cc5ccccc5[nH]4)c4c(N)nccn34)CC2)c1. The van der Waals surface area contributed by atoms with Crippen molar-refractivity contribution in [3.05, 3.63) is 72.3 Å². The summed E-state index contributed by atoms with van der Waals surface area (Å²) in [7, 11) is 3.14. The van der Waals surface area contributed by atoms with Crippen LogP contribution in [0.15, 0.2) is 60.9 Å². The van der Waals surface area contributed by atoms with Crippen LogP contribution in [0.2, 0.25) is 0 Å². The van der Waals surface area contributed by atoms with Crippen LogP contribution in [0, 0.1) is 5.92 Å². The van der Waals surface area contributed by atoms with E-state index in [9.17, 15) is 4.79 Å². The second kappa shape index (κ2) is 10.3. The highest BCUT2D eigenvalue weighted by Crippen LogP contribution is 2.38. The number of benzene rings is 2. The zero-order valence-electron chi connectivity index (χ0n) is 22.1. The quantitative estimate of drug-likeness (QED) is 0.270. The number of H-pyrrole nitrogens is 1. The Labute approximate surface area is 226 Å². The van der Waals surface area contributed by atoms with Gasteiger partial charge in [0.05, 0.1) is 25.5 Å². The van der Waals surface area contributed by atoms with Gasteiger partial charge in [-0.25, -0.2) is 9.97 Å². The first-order valence-corrected chi connectivity index (χ1v) is 13.3. The minimum Gasteiger partial charge on any atom is -0.497 e. The molecule has 9 heteroatoms. The van der Waals surface area contributed by atoms with Crippen molar-refractivity contribution >= 4 is 28.1 Å². The van der Waals surface area contributed by atoms with E-state index >= 15 is 0 Å². The smallest absolute Gasteiger partial charge is 0.255 e. The molecule has 9 nitrogen and oxygen atoms in total. The molecule has 2 aromatic carbocycles. The molecule has 1 fully saturated rings. The Morgan fingerprint density at radius 2 is 1.92 bits per heavy atom. The molecule has 1 amide bonds. The maximum atomic E-state index is 12.9. The molecule has 3 heterocycles. The number of hydrogen-bond acceptors (Lipinski definition) is 6. The summed E-state index contributed by atoms with van der Waals surface area (Å²) in [6.45, 7) is 0.616. The minimum absolute atomic E-state index is 0.155. The summed E-state index contributed by atoms with van der Waals surface area (Å²) >= 11 is 0. The van der Waals surface area contributed by atoms with Crippen LogP contribution in [-0.4, -0.2) is 46.0 Å². The number of imidazole rings is 1. The maximum absolute atomic E-state index is 12.9. The highest BCUT2D eigenvalue weighted by Gasteiger charge is 2.28. The molecule has 6 rings (SSSR count). The number of carbonyl (C=O) groups is 1. The van der Waals surface area contributed by atoms with E-state index < -0.39 is 0 Å². The lowest BCUT2D eigenvalue weighted by Crippen LogP contribution is -2.31. The summed E-state index contributed by atoms with van der Waals surface area (Å²) < 4.78 is 12.8. The lowest BCUT2D eigenvalue weighted by atomic mass is 9.81. The molecular weight excluding hydrogens is 492 g/mol. The van der Waals surface area contributed by atoms with Crippen LogP contribution < -0.4 is 20.5 Å². The Bertz CT molecular complexity index is 1610. The summed E-state index contributed by atoms with van der Waals surface area (Å²) in [5, 5.41) is 4.23. The standard InChI is InChI=1S/C30H32N6O3/c1-38-21-11-12-25(39-2)22(16-21)30(37)33-17-18-7-9-19(10-8-18)29-35-26(27-28(31)32-13-14-36(27)29)24-15-20-5-3-4-6-23(20)34-24/h3-6,11-16,18-19,34H,7-10,17H2,1-2H3,(H2,31,32)(H,33,37). The van der Waals surface area contributed by atoms with Crippen LogP contribution in [0.4, 0.5) is 5.82 Å². The Morgan fingerprint density at radius 1 is 1.10 bits per heavy atom. The third kappa shape index (κ3) is 4.65. The van der Waals surface area contributed by atoms with Crippen LogP contribution >= 0.6 is 0 Å². The molecule has 0 bridgehead atoms. The first kappa shape index (κ1) is 24.8. The Balaban J connectivity index is 1.18. The molecule has 5 aromatic rings. The van der Waals surface area contributed by atoms with Gasteiger partial charge in [0.1, 0.15) is 34.4 Å². The van der Waals surface area contributed by atoms with Crippen LogP contribution in [0.5, 0.6) is 11.5 Å². The number of hydrogen-bond donors (Lipinski definition) is 3. The van der Waals surface area contributed by atoms with Crippen LogP contribution in [0.1, 0.15) is 47.8 Å². The maximum Gasteiger partial charge on any atom is 0.255 e. The highest BCUT2D eigenvalue weighted by molar-refractivity contribution is 5.97. The van der Waals surface area contributed by atoms with Gasteiger partial charge in [0.2, 0.25) is 0 Å². The largest absolute Gasteiger partial charge is 0.497 e. The number of nitrogens with one attached hydrogen (secondary N) is 2. The normalized spacial score (nSPS) is 17.4. The molecule has 0 aliphatic heterocycles. The molecule has 4 N–H and O–H groups in total. The predicted octanol–water partition coefficient (Wildman–Crippen LogP) is 5.18. The predicted molar refractivity (Wildman–Crippen MR) is 151 cm³/mol. The van der Waals surface area contributed by atoms with Gasteiger partial charge in [-0.3, -0.25) is 9.20 Å². The first-order chi connectivity index (χ1) is 19.1. The zero-order chi connectivity index (χ0) is 26.9. The summed E-state index contributed by atoms with van der Waals surface area (Å²) in [5.41, 5.74) is 10.5. The van der Waals surface area contributed by atoms with Crippen LogP contribution in [-0.2, 0) is 0 Å². The Kier molecular flexibility index (Phi) is 6.56. The molecule has 0 spiro atoms. The molecule has 39 heavy (non-hydrogen) atoms. The second-order valence-corrected chi connectivity index (χ2v) is 10.1. The number of anilines is 1. The third-order valence-electron chi connectivity index (χ3n) is 7.81. The fourth-order valence-electron chi connectivity index (χ4n) is 5.71. The van der Waals surface area contributed by atoms with Crippen LogP contribution in [0.25, 0.3) is 27.8 Å². The monoisotopic (exact) mass is 524 g/mol. The van der Waals surface area contributed by atoms with Gasteiger partial charge in [-0.15, -0.1) is 0 Å². The van der Waals surface area contributed by atoms with Gasteiger partial charge >= 0.3 is 0 Å². The number of carbonyl (C=O) groups excluding carboxylic acids is 1. The van der Waals surface area contributed by atoms with Crippen molar-refractivity contribution in [1.29, 1.82) is 0 Å². The topological polar surface area (TPSA) is 120 Å². The number of aromatic amines is 1. The number of nitrogens with zero attached hydrogens (tertiary/aromatic N) is 3. The summed E-state index contributed by atoms with van der Waals surface area (Å²) in [6, 6.07) is 15.5. The fourth-order valence-corrected chi connectivity index (χ4v) is 5.71. The van der Waals surface area contributed by atoms with E-state index in [1.807, 2.05) is 18.3 Å². The number of nitrogens with two attached hydrogens (primary N) is 1. The van der Waals surface area contributed by atoms with Gasteiger partial charge in [-0.2, -0.15) is 0 Å². The van der Waals surface area contributed by atoms with Crippen molar-refractivity contribution < 1.29 is 14.3 Å². The lowest BCUT2D eigenvalue weighted by Gasteiger charge is -2.28. The Hall–Kier alpha value is -4.53. The molecule has 0 atom stereocenters. The number of aromatic nitrogens is 4. The van der Waals surface area contributed by atoms with E-state index in [-0.39, 0.29) is 5.91 Å². The van der Waals surface area contributed by atoms with Gasteiger partial charge in [-0.1, -0.05) is 18.2 Å². The molecule has 1 saturated carbocycles. The van der Waals surface area contributed by atoms with E-state index in [0.29, 0.717) is 41.3 Å². The molecule has 200 valence electrons. The van der Waals surface area contributed by atoms with E-state index in [0.717, 1.165) is 59.3 Å². The fraction of sp³-hybridized carbons (Fsp3) is 0.300. The van der Waals surface area contributed by atoms with E-state index in [4.69, 9.17) is 20.2 Å². The minimum atomic E-state index is -0.155. The van der Waals surface area contributed by atoms with Crippen molar-refractivity contribution in [2.45, 2.75) is 31.6 Å². The van der Waals surface area contributed by atoms with E-state index in [1.165, 1.54) is 0 Å². The van der Waals surface area contributed by atoms with Crippen molar-refractivity contribution in [2.75, 3.05) is 26.5 Å². The Morgan fingerprint density at radius 3 is 2.69 bits per heavy atom. The van der Waals surface area contributed by atoms with Crippen molar-refractivity contribution in [1.82, 2.24) is 24.7 Å². The van der Waals surface area contributed by atoms with E-state index in [2.05, 4.69) is 37.9 Å². The number of ether oxygens (including phenoxy) is 2. The van der Waals surface area contributed by atoms with Crippen molar-refractivity contribution in [3.63, 3.8) is 0 Å². The molecule has 1 aliphatic rings. The van der Waals surface area contributed by atoms with Crippen molar-refractivity contribution in [2.24, 2.45) is 5.92 Å². The number of fused-ring (bicyclic) bond motifs is 2. The molecule has 0 unspecified atom stereocenters. The van der Waals surface area contributed by atoms with Gasteiger partial charge in [0, 0.05) is 35.8 Å². The van der Waals surface area contributed by atoms with Crippen LogP contribution in [0.3, 0.4) is 0 Å². The molecular formula is C30H32N6O3. The summed E-state index contributed by atoms with van der Waals surface area (Å²) in [6.07, 6.45) is 7.65. The van der Waals surface area contributed by atoms with Gasteiger partial charge < -0.3 is 25.5 Å². The number of para-hydroxylation sites is 1. The van der Waals surface area contributed by atoms with Gasteiger partial charge in [0.15, 0.2) is 0 Å². The van der Waals surface area contributed by atoms with Crippen molar-refractivity contribution in [3.8, 4) is 22.9 Å². The number of nitrogen functional groups attached to an aromatic ring is 1. The average molecular weight is 525 g/mol. The van der Waals surface area contributed by atoms with Gasteiger partial charge in [0.25, 0.3) is 5.91 Å². The van der Waals surface area contributed by atoms with E-state index in [1.54, 1.807) is 38.6 Å². The average Bonchev–Trinajstić information content (AvgIpc) is 3.58. The second-order valence-electron chi connectivity index (χ2n) is 10.1. The lowest BCUT2D eigenvalue weighted by molar-refractivity contribution is 0.0939. The number of amides is 1. The first-order valence-electron chi connectivity index (χ1n) is 13.3. The highest BCUT2D eigenvalue weighted by atomic mass is 16.5. The molecule has 0 radical (unpaired) electrons. The third-order valence-corrected chi connectivity index (χ3v) is 7.81. The zero-order valence-corrected chi connectivity index (χ0v) is 22.1.